The Bertz CT molecular complexity index is 1330. The van der Waals surface area contributed by atoms with E-state index in [4.69, 9.17) is 0 Å². The molecule has 1 aromatic carbocycles. The molecule has 1 unspecified atom stereocenters. The highest BCUT2D eigenvalue weighted by Crippen LogP contribution is 2.37. The monoisotopic (exact) mass is 567 g/mol. The van der Waals surface area contributed by atoms with Crippen LogP contribution in [0.3, 0.4) is 0 Å². The van der Waals surface area contributed by atoms with E-state index < -0.39 is 40.7 Å². The zero-order chi connectivity index (χ0) is 28.5. The van der Waals surface area contributed by atoms with Gasteiger partial charge in [-0.25, -0.2) is 13.8 Å². The Kier molecular flexibility index (Phi) is 8.01. The van der Waals surface area contributed by atoms with Crippen molar-refractivity contribution in [3.8, 4) is 10.7 Å². The summed E-state index contributed by atoms with van der Waals surface area (Å²) in [4.78, 5) is 42.4. The van der Waals surface area contributed by atoms with Crippen molar-refractivity contribution in [3.63, 3.8) is 0 Å². The first-order chi connectivity index (χ1) is 18.3. The van der Waals surface area contributed by atoms with Gasteiger partial charge in [0.1, 0.15) is 15.6 Å². The van der Waals surface area contributed by atoms with Gasteiger partial charge in [-0.2, -0.15) is 13.2 Å². The van der Waals surface area contributed by atoms with Gasteiger partial charge < -0.3 is 9.80 Å². The molecule has 1 fully saturated rings. The van der Waals surface area contributed by atoms with Crippen molar-refractivity contribution in [2.24, 2.45) is 0 Å². The Hall–Kier alpha value is -3.48. The van der Waals surface area contributed by atoms with Gasteiger partial charge in [0.05, 0.1) is 23.5 Å². The van der Waals surface area contributed by atoms with Crippen molar-refractivity contribution in [1.82, 2.24) is 24.8 Å². The topological polar surface area (TPSA) is 79.3 Å². The van der Waals surface area contributed by atoms with Crippen molar-refractivity contribution in [2.45, 2.75) is 51.3 Å². The normalized spacial score (nSPS) is 15.2. The van der Waals surface area contributed by atoms with E-state index in [2.05, 4.69) is 15.0 Å². The second-order valence-corrected chi connectivity index (χ2v) is 10.5. The summed E-state index contributed by atoms with van der Waals surface area (Å²) < 4.78 is 68.2. The Morgan fingerprint density at radius 2 is 1.62 bits per heavy atom. The summed E-state index contributed by atoms with van der Waals surface area (Å²) in [6.45, 7) is 3.40. The summed E-state index contributed by atoms with van der Waals surface area (Å²) in [5.74, 6) is -4.62. The fraction of sp³-hybridized carbons (Fsp3) is 0.423. The Balaban J connectivity index is 1.63. The number of rotatable bonds is 6. The molecular weight excluding hydrogens is 541 g/mol. The van der Waals surface area contributed by atoms with E-state index in [1.807, 2.05) is 0 Å². The van der Waals surface area contributed by atoms with Crippen LogP contribution in [0, 0.1) is 0 Å². The fourth-order valence-electron chi connectivity index (χ4n) is 4.29. The number of alkyl halides is 5. The molecule has 1 aliphatic heterocycles. The second-order valence-electron chi connectivity index (χ2n) is 9.45. The molecule has 7 nitrogen and oxygen atoms in total. The second kappa shape index (κ2) is 10.9. The van der Waals surface area contributed by atoms with Gasteiger partial charge in [-0.15, -0.1) is 11.3 Å². The van der Waals surface area contributed by atoms with Crippen LogP contribution in [0.2, 0.25) is 0 Å². The van der Waals surface area contributed by atoms with Gasteiger partial charge >= 0.3 is 6.18 Å². The number of carbonyl (C=O) groups is 2. The molecule has 208 valence electrons. The number of aromatic nitrogens is 3. The van der Waals surface area contributed by atoms with Gasteiger partial charge in [0.15, 0.2) is 0 Å². The van der Waals surface area contributed by atoms with Crippen molar-refractivity contribution >= 4 is 23.2 Å². The number of carbonyl (C=O) groups excluding carboxylic acids is 2. The number of halogens is 5. The Labute approximate surface area is 225 Å². The molecule has 1 aliphatic rings. The maximum absolute atomic E-state index is 14.0. The number of thiazole rings is 1. The van der Waals surface area contributed by atoms with E-state index in [0.29, 0.717) is 47.7 Å². The van der Waals surface area contributed by atoms with Gasteiger partial charge in [-0.3, -0.25) is 19.6 Å². The zero-order valence-electron chi connectivity index (χ0n) is 21.4. The summed E-state index contributed by atoms with van der Waals surface area (Å²) in [6.07, 6.45) is 2.30. The van der Waals surface area contributed by atoms with Gasteiger partial charge in [0, 0.05) is 50.6 Å². The molecule has 2 aromatic heterocycles. The highest BCUT2D eigenvalue weighted by atomic mass is 32.1. The molecule has 1 atom stereocenters. The Morgan fingerprint density at radius 3 is 2.26 bits per heavy atom. The SMILES string of the molecule is CC(c1nccnc1-c1ncc(C(=O)N2CCCCC2)s1)N(C)C(=O)c1cc(C(C)(F)F)cc(C(F)(F)F)c1. The first-order valence-electron chi connectivity index (χ1n) is 12.2. The average molecular weight is 568 g/mol. The molecule has 3 aromatic rings. The van der Waals surface area contributed by atoms with Crippen LogP contribution >= 0.6 is 11.3 Å². The highest BCUT2D eigenvalue weighted by molar-refractivity contribution is 7.16. The van der Waals surface area contributed by atoms with Crippen molar-refractivity contribution in [3.05, 3.63) is 64.1 Å². The van der Waals surface area contributed by atoms with E-state index in [1.165, 1.54) is 25.6 Å². The summed E-state index contributed by atoms with van der Waals surface area (Å²) in [5, 5.41) is 0.387. The molecule has 0 aliphatic carbocycles. The minimum Gasteiger partial charge on any atom is -0.338 e. The van der Waals surface area contributed by atoms with Crippen molar-refractivity contribution in [1.29, 1.82) is 0 Å². The van der Waals surface area contributed by atoms with E-state index in [1.54, 1.807) is 11.8 Å². The molecule has 1 saturated heterocycles. The third-order valence-corrected chi connectivity index (χ3v) is 7.59. The highest BCUT2D eigenvalue weighted by Gasteiger charge is 2.36. The first kappa shape index (κ1) is 28.5. The third-order valence-electron chi connectivity index (χ3n) is 6.60. The molecule has 2 amide bonds. The van der Waals surface area contributed by atoms with Crippen LogP contribution in [0.5, 0.6) is 0 Å². The number of hydrogen-bond donors (Lipinski definition) is 0. The number of nitrogens with zero attached hydrogens (tertiary/aromatic N) is 5. The first-order valence-corrected chi connectivity index (χ1v) is 13.0. The van der Waals surface area contributed by atoms with Crippen LogP contribution in [-0.4, -0.2) is 56.7 Å². The van der Waals surface area contributed by atoms with E-state index in [0.717, 1.165) is 41.6 Å². The number of hydrogen-bond acceptors (Lipinski definition) is 6. The van der Waals surface area contributed by atoms with Gasteiger partial charge in [-0.1, -0.05) is 0 Å². The predicted molar refractivity (Wildman–Crippen MR) is 134 cm³/mol. The summed E-state index contributed by atoms with van der Waals surface area (Å²) in [7, 11) is 1.34. The molecule has 0 bridgehead atoms. The molecule has 0 saturated carbocycles. The minimum absolute atomic E-state index is 0.127. The number of piperidine rings is 1. The van der Waals surface area contributed by atoms with Crippen LogP contribution in [-0.2, 0) is 12.1 Å². The number of likely N-dealkylation sites (tertiary alicyclic amines) is 1. The van der Waals surface area contributed by atoms with E-state index >= 15 is 0 Å². The van der Waals surface area contributed by atoms with Crippen LogP contribution in [0.4, 0.5) is 22.0 Å². The predicted octanol–water partition coefficient (Wildman–Crippen LogP) is 6.19. The summed E-state index contributed by atoms with van der Waals surface area (Å²) >= 11 is 1.13. The lowest BCUT2D eigenvalue weighted by molar-refractivity contribution is -0.137. The molecule has 0 N–H and O–H groups in total. The molecule has 3 heterocycles. The zero-order valence-corrected chi connectivity index (χ0v) is 22.2. The molecular formula is C26H26F5N5O2S. The third kappa shape index (κ3) is 6.23. The van der Waals surface area contributed by atoms with Crippen LogP contribution in [0.25, 0.3) is 10.7 Å². The molecule has 13 heteroatoms. The molecule has 0 spiro atoms. The lowest BCUT2D eigenvalue weighted by atomic mass is 10.00. The van der Waals surface area contributed by atoms with Crippen LogP contribution in [0.15, 0.2) is 36.8 Å². The van der Waals surface area contributed by atoms with E-state index in [9.17, 15) is 31.5 Å². The number of benzene rings is 1. The fourth-order valence-corrected chi connectivity index (χ4v) is 5.18. The van der Waals surface area contributed by atoms with E-state index in [-0.39, 0.29) is 11.6 Å². The lowest BCUT2D eigenvalue weighted by Crippen LogP contribution is -2.35. The van der Waals surface area contributed by atoms with Crippen molar-refractivity contribution in [2.75, 3.05) is 20.1 Å². The summed E-state index contributed by atoms with van der Waals surface area (Å²) in [6, 6.07) is 0.827. The minimum atomic E-state index is -4.92. The van der Waals surface area contributed by atoms with Gasteiger partial charge in [0.2, 0.25) is 0 Å². The Morgan fingerprint density at radius 1 is 0.974 bits per heavy atom. The molecule has 39 heavy (non-hydrogen) atoms. The standard InChI is InChI=1S/C26H26F5N5O2S/c1-15(35(3)23(37)16-11-17(25(2,27)28)13-18(12-16)26(29,30)31)20-21(33-8-7-32-20)22-34-14-19(39-22)24(38)36-9-5-4-6-10-36/h7-8,11-15H,4-6,9-10H2,1-3H3. The van der Waals surface area contributed by atoms with Crippen LogP contribution < -0.4 is 0 Å². The molecule has 4 rings (SSSR count). The quantitative estimate of drug-likeness (QED) is 0.332. The maximum Gasteiger partial charge on any atom is 0.416 e. The summed E-state index contributed by atoms with van der Waals surface area (Å²) in [5.41, 5.74) is -2.22. The van der Waals surface area contributed by atoms with Gasteiger partial charge in [0.25, 0.3) is 17.7 Å². The largest absolute Gasteiger partial charge is 0.416 e. The van der Waals surface area contributed by atoms with Crippen LogP contribution in [0.1, 0.15) is 76.0 Å². The average Bonchev–Trinajstić information content (AvgIpc) is 3.41. The van der Waals surface area contributed by atoms with Gasteiger partial charge in [-0.05, 0) is 44.4 Å². The van der Waals surface area contributed by atoms with Crippen molar-refractivity contribution < 1.29 is 31.5 Å². The lowest BCUT2D eigenvalue weighted by Gasteiger charge is -2.26. The number of amides is 2. The maximum atomic E-state index is 14.0. The smallest absolute Gasteiger partial charge is 0.338 e. The molecule has 0 radical (unpaired) electrons.